The number of aliphatic hydroxyl groups excluding tert-OH is 1. The van der Waals surface area contributed by atoms with E-state index >= 15 is 0 Å². The molecule has 0 bridgehead atoms. The fraction of sp³-hybridized carbons (Fsp3) is 0.323. The largest absolute Gasteiger partial charge is 0.573 e. The second-order valence-electron chi connectivity index (χ2n) is 10.3. The summed E-state index contributed by atoms with van der Waals surface area (Å²) in [6.45, 7) is 2.90. The zero-order valence-corrected chi connectivity index (χ0v) is 24.8. The lowest BCUT2D eigenvalue weighted by Crippen LogP contribution is -2.53. The van der Waals surface area contributed by atoms with Gasteiger partial charge in [-0.2, -0.15) is 0 Å². The Bertz CT molecular complexity index is 1490. The number of benzene rings is 3. The number of phenols is 1. The molecule has 3 atom stereocenters. The molecule has 4 rings (SSSR count). The number of nitrogens with zero attached hydrogens (tertiary/aromatic N) is 2. The summed E-state index contributed by atoms with van der Waals surface area (Å²) in [6, 6.07) is 17.7. The molecule has 1 aliphatic heterocycles. The van der Waals surface area contributed by atoms with E-state index in [-0.39, 0.29) is 36.7 Å². The van der Waals surface area contributed by atoms with E-state index in [1.165, 1.54) is 51.9 Å². The van der Waals surface area contributed by atoms with E-state index in [1.807, 2.05) is 0 Å². The van der Waals surface area contributed by atoms with E-state index in [0.29, 0.717) is 11.1 Å². The number of halogens is 3. The molecule has 3 N–H and O–H groups in total. The van der Waals surface area contributed by atoms with Crippen LogP contribution in [0.25, 0.3) is 0 Å². The first-order valence-electron chi connectivity index (χ1n) is 13.7. The average molecular weight is 632 g/mol. The number of aromatic hydroxyl groups is 1. The van der Waals surface area contributed by atoms with Crippen LogP contribution >= 0.6 is 11.8 Å². The van der Waals surface area contributed by atoms with E-state index in [1.54, 1.807) is 50.2 Å². The van der Waals surface area contributed by atoms with E-state index in [0.717, 1.165) is 11.6 Å². The van der Waals surface area contributed by atoms with E-state index < -0.39 is 47.4 Å². The van der Waals surface area contributed by atoms with E-state index in [4.69, 9.17) is 0 Å². The molecule has 0 spiro atoms. The summed E-state index contributed by atoms with van der Waals surface area (Å²) in [6.07, 6.45) is -6.48. The van der Waals surface area contributed by atoms with E-state index in [2.05, 4.69) is 10.1 Å². The number of phenolic OH excluding ortho intramolecular Hbond substituents is 1. The molecular formula is C31H32F3N3O6S. The minimum atomic E-state index is -4.86. The molecule has 1 unspecified atom stereocenters. The quantitative estimate of drug-likeness (QED) is 0.324. The van der Waals surface area contributed by atoms with Crippen molar-refractivity contribution in [2.45, 2.75) is 50.7 Å². The van der Waals surface area contributed by atoms with Gasteiger partial charge in [-0.05, 0) is 55.7 Å². The van der Waals surface area contributed by atoms with Crippen molar-refractivity contribution in [1.29, 1.82) is 0 Å². The van der Waals surface area contributed by atoms with Gasteiger partial charge in [-0.1, -0.05) is 48.5 Å². The third kappa shape index (κ3) is 8.44. The number of carbonyl (C=O) groups is 3. The molecule has 1 fully saturated rings. The minimum Gasteiger partial charge on any atom is -0.508 e. The van der Waals surface area contributed by atoms with Gasteiger partial charge < -0.3 is 30.1 Å². The molecule has 9 nitrogen and oxygen atoms in total. The molecule has 3 aromatic rings. The second kappa shape index (κ2) is 14.0. The number of alkyl halides is 3. The Labute approximate surface area is 256 Å². The van der Waals surface area contributed by atoms with Crippen molar-refractivity contribution in [1.82, 2.24) is 15.1 Å². The van der Waals surface area contributed by atoms with Crippen LogP contribution in [0.3, 0.4) is 0 Å². The zero-order chi connectivity index (χ0) is 32.0. The van der Waals surface area contributed by atoms with Gasteiger partial charge in [0.15, 0.2) is 6.10 Å². The third-order valence-corrected chi connectivity index (χ3v) is 8.35. The van der Waals surface area contributed by atoms with Crippen LogP contribution in [0.1, 0.15) is 34.0 Å². The summed E-state index contributed by atoms with van der Waals surface area (Å²) in [5, 5.41) is 23.6. The minimum absolute atomic E-state index is 0.0252. The first-order valence-corrected chi connectivity index (χ1v) is 14.7. The Kier molecular flexibility index (Phi) is 10.4. The fourth-order valence-electron chi connectivity index (χ4n) is 4.77. The highest BCUT2D eigenvalue weighted by molar-refractivity contribution is 7.99. The first-order chi connectivity index (χ1) is 20.8. The summed E-state index contributed by atoms with van der Waals surface area (Å²) >= 11 is 1.24. The summed E-state index contributed by atoms with van der Waals surface area (Å²) in [5.74, 6) is -2.27. The summed E-state index contributed by atoms with van der Waals surface area (Å²) in [5.41, 5.74) is 1.66. The molecule has 0 saturated carbocycles. The van der Waals surface area contributed by atoms with Crippen LogP contribution in [0.15, 0.2) is 72.8 Å². The van der Waals surface area contributed by atoms with Crippen molar-refractivity contribution < 1.29 is 42.5 Å². The van der Waals surface area contributed by atoms with Crippen molar-refractivity contribution in [3.63, 3.8) is 0 Å². The number of rotatable bonds is 9. The maximum Gasteiger partial charge on any atom is 0.573 e. The topological polar surface area (TPSA) is 119 Å². The lowest BCUT2D eigenvalue weighted by Gasteiger charge is -2.28. The molecule has 0 aromatic heterocycles. The van der Waals surface area contributed by atoms with Crippen LogP contribution in [0, 0.1) is 6.92 Å². The van der Waals surface area contributed by atoms with Crippen LogP contribution in [0.2, 0.25) is 0 Å². The maximum absolute atomic E-state index is 13.6. The average Bonchev–Trinajstić information content (AvgIpc) is 3.11. The highest BCUT2D eigenvalue weighted by Crippen LogP contribution is 2.27. The first kappa shape index (κ1) is 32.7. The smallest absolute Gasteiger partial charge is 0.508 e. The van der Waals surface area contributed by atoms with Gasteiger partial charge in [0, 0.05) is 17.7 Å². The fourth-order valence-corrected chi connectivity index (χ4v) is 5.76. The molecule has 3 amide bonds. The number of hydrogen-bond acceptors (Lipinski definition) is 7. The highest BCUT2D eigenvalue weighted by atomic mass is 32.2. The molecule has 0 radical (unpaired) electrons. The second-order valence-corrected chi connectivity index (χ2v) is 11.6. The molecule has 0 aliphatic carbocycles. The van der Waals surface area contributed by atoms with Gasteiger partial charge in [0.05, 0.1) is 17.3 Å². The Morgan fingerprint density at radius 2 is 1.75 bits per heavy atom. The van der Waals surface area contributed by atoms with Gasteiger partial charge in [-0.3, -0.25) is 14.4 Å². The van der Waals surface area contributed by atoms with Crippen molar-refractivity contribution in [3.05, 3.63) is 95.1 Å². The summed E-state index contributed by atoms with van der Waals surface area (Å²) in [7, 11) is 0. The lowest BCUT2D eigenvalue weighted by atomic mass is 9.99. The Hall–Kier alpha value is -4.23. The molecule has 234 valence electrons. The predicted octanol–water partition coefficient (Wildman–Crippen LogP) is 4.21. The SMILES string of the molecule is Cc1c(O)cccc1C(=O)N[C@@H](Cc1ccccc1)[C@H](O)C(=O)N1CSC(C)N(Cc2cccc(OC(F)(F)F)c2)C(=O)C1. The van der Waals surface area contributed by atoms with E-state index in [9.17, 15) is 37.8 Å². The molecule has 44 heavy (non-hydrogen) atoms. The number of thioether (sulfide) groups is 1. The van der Waals surface area contributed by atoms with Gasteiger partial charge in [0.25, 0.3) is 11.8 Å². The van der Waals surface area contributed by atoms with Crippen molar-refractivity contribution in [3.8, 4) is 11.5 Å². The number of nitrogens with one attached hydrogen (secondary N) is 1. The van der Waals surface area contributed by atoms with Crippen LogP contribution in [0.5, 0.6) is 11.5 Å². The third-order valence-electron chi connectivity index (χ3n) is 7.15. The molecule has 3 aromatic carbocycles. The standard InChI is InChI=1S/C31H32F3N3O6S/c1-19-24(12-7-13-26(19)38)29(41)35-25(15-21-8-4-3-5-9-21)28(40)30(42)36-17-27(39)37(20(2)44-18-36)16-22-10-6-11-23(14-22)43-31(32,33)34/h3-14,20,25,28,38,40H,15-18H2,1-2H3,(H,35,41)/t20?,25-,28-/m0/s1. The Balaban J connectivity index is 1.50. The van der Waals surface area contributed by atoms with Crippen molar-refractivity contribution in [2.24, 2.45) is 0 Å². The lowest BCUT2D eigenvalue weighted by molar-refractivity contribution is -0.274. The van der Waals surface area contributed by atoms with Crippen LogP contribution in [-0.4, -0.2) is 74.0 Å². The number of aliphatic hydroxyl groups is 1. The maximum atomic E-state index is 13.6. The number of amides is 3. The van der Waals surface area contributed by atoms with Gasteiger partial charge >= 0.3 is 6.36 Å². The van der Waals surface area contributed by atoms with Crippen molar-refractivity contribution >= 4 is 29.5 Å². The van der Waals surface area contributed by atoms with Gasteiger partial charge in [-0.15, -0.1) is 24.9 Å². The highest BCUT2D eigenvalue weighted by Gasteiger charge is 2.36. The van der Waals surface area contributed by atoms with Gasteiger partial charge in [-0.25, -0.2) is 0 Å². The molecular weight excluding hydrogens is 599 g/mol. The Morgan fingerprint density at radius 1 is 1.07 bits per heavy atom. The normalized spacial score (nSPS) is 17.0. The molecule has 1 aliphatic rings. The summed E-state index contributed by atoms with van der Waals surface area (Å²) < 4.78 is 42.0. The number of carbonyl (C=O) groups excluding carboxylic acids is 3. The van der Waals surface area contributed by atoms with Gasteiger partial charge in [0.1, 0.15) is 18.0 Å². The monoisotopic (exact) mass is 631 g/mol. The van der Waals surface area contributed by atoms with Crippen LogP contribution in [0.4, 0.5) is 13.2 Å². The summed E-state index contributed by atoms with van der Waals surface area (Å²) in [4.78, 5) is 42.7. The number of ether oxygens (including phenoxy) is 1. The van der Waals surface area contributed by atoms with Crippen LogP contribution in [-0.2, 0) is 22.6 Å². The molecule has 1 heterocycles. The van der Waals surface area contributed by atoms with Crippen molar-refractivity contribution in [2.75, 3.05) is 12.4 Å². The van der Waals surface area contributed by atoms with Crippen LogP contribution < -0.4 is 10.1 Å². The predicted molar refractivity (Wildman–Crippen MR) is 158 cm³/mol. The zero-order valence-electron chi connectivity index (χ0n) is 24.0. The molecule has 1 saturated heterocycles. The van der Waals surface area contributed by atoms with Gasteiger partial charge in [0.2, 0.25) is 5.91 Å². The number of hydrogen-bond donors (Lipinski definition) is 3. The Morgan fingerprint density at radius 3 is 2.45 bits per heavy atom. The molecule has 13 heteroatoms.